The van der Waals surface area contributed by atoms with Crippen LogP contribution in [0.15, 0.2) is 84.9 Å². The topological polar surface area (TPSA) is 116 Å². The van der Waals surface area contributed by atoms with Crippen molar-refractivity contribution < 1.29 is 29.3 Å². The van der Waals surface area contributed by atoms with E-state index in [1.165, 1.54) is 4.90 Å². The highest BCUT2D eigenvalue weighted by atomic mass is 16.5. The Kier molecular flexibility index (Phi) is 9.80. The Morgan fingerprint density at radius 1 is 0.838 bits per heavy atom. The van der Waals surface area contributed by atoms with E-state index >= 15 is 0 Å². The normalized spacial score (nSPS) is 12.4. The number of aliphatic hydroxyl groups excluding tert-OH is 1. The monoisotopic (exact) mass is 504 g/mol. The number of carboxylic acid groups (broad SMARTS) is 1. The summed E-state index contributed by atoms with van der Waals surface area (Å²) in [7, 11) is 0. The average Bonchev–Trinajstić information content (AvgIpc) is 2.91. The van der Waals surface area contributed by atoms with Crippen LogP contribution in [0.25, 0.3) is 11.1 Å². The number of hydrogen-bond acceptors (Lipinski definition) is 5. The molecule has 0 heterocycles. The van der Waals surface area contributed by atoms with Crippen LogP contribution in [0.3, 0.4) is 0 Å². The van der Waals surface area contributed by atoms with Crippen molar-refractivity contribution in [1.29, 1.82) is 0 Å². The largest absolute Gasteiger partial charge is 0.480 e. The van der Waals surface area contributed by atoms with Crippen molar-refractivity contribution in [3.8, 4) is 11.1 Å². The first-order chi connectivity index (χ1) is 17.7. The van der Waals surface area contributed by atoms with Gasteiger partial charge in [-0.15, -0.1) is 0 Å². The number of carbonyl (C=O) groups is 3. The second-order valence-corrected chi connectivity index (χ2v) is 8.96. The second-order valence-electron chi connectivity index (χ2n) is 8.96. The van der Waals surface area contributed by atoms with Gasteiger partial charge in [-0.25, -0.2) is 14.4 Å². The second kappa shape index (κ2) is 13.2. The van der Waals surface area contributed by atoms with Gasteiger partial charge in [0.15, 0.2) is 6.10 Å². The van der Waals surface area contributed by atoms with Gasteiger partial charge in [-0.1, -0.05) is 84.9 Å². The van der Waals surface area contributed by atoms with Crippen LogP contribution in [0.5, 0.6) is 0 Å². The highest BCUT2D eigenvalue weighted by Crippen LogP contribution is 2.20. The predicted molar refractivity (Wildman–Crippen MR) is 140 cm³/mol. The SMILES string of the molecule is CC(C)N(C[C@H](O)C(=O)OCc1ccccc1)C(=O)N[C@@H](Cc1ccc(-c2ccccc2)cc1)C(=O)O. The fourth-order valence-corrected chi connectivity index (χ4v) is 3.75. The van der Waals surface area contributed by atoms with Gasteiger partial charge in [0.1, 0.15) is 12.6 Å². The van der Waals surface area contributed by atoms with E-state index in [1.54, 1.807) is 38.1 Å². The zero-order chi connectivity index (χ0) is 26.8. The molecule has 8 nitrogen and oxygen atoms in total. The lowest BCUT2D eigenvalue weighted by Crippen LogP contribution is -2.53. The number of aliphatic hydroxyl groups is 1. The molecule has 0 spiro atoms. The van der Waals surface area contributed by atoms with Crippen molar-refractivity contribution in [2.24, 2.45) is 0 Å². The lowest BCUT2D eigenvalue weighted by atomic mass is 10.0. The van der Waals surface area contributed by atoms with Crippen LogP contribution in [0.4, 0.5) is 4.79 Å². The number of urea groups is 1. The third-order valence-corrected chi connectivity index (χ3v) is 5.85. The molecular formula is C29H32N2O6. The van der Waals surface area contributed by atoms with Gasteiger partial charge in [-0.3, -0.25) is 0 Å². The molecule has 3 aromatic carbocycles. The van der Waals surface area contributed by atoms with E-state index in [-0.39, 0.29) is 19.6 Å². The molecule has 8 heteroatoms. The Balaban J connectivity index is 1.60. The molecule has 0 saturated heterocycles. The average molecular weight is 505 g/mol. The van der Waals surface area contributed by atoms with Crippen molar-refractivity contribution in [3.05, 3.63) is 96.1 Å². The van der Waals surface area contributed by atoms with Crippen LogP contribution < -0.4 is 5.32 Å². The van der Waals surface area contributed by atoms with Crippen LogP contribution in [-0.2, 0) is 27.4 Å². The number of aliphatic carboxylic acids is 1. The molecule has 0 radical (unpaired) electrons. The number of rotatable bonds is 11. The van der Waals surface area contributed by atoms with E-state index in [9.17, 15) is 24.6 Å². The van der Waals surface area contributed by atoms with Gasteiger partial charge in [0.2, 0.25) is 0 Å². The van der Waals surface area contributed by atoms with Gasteiger partial charge in [0.05, 0.1) is 6.54 Å². The third-order valence-electron chi connectivity index (χ3n) is 5.85. The first-order valence-electron chi connectivity index (χ1n) is 12.1. The minimum absolute atomic E-state index is 0.00520. The summed E-state index contributed by atoms with van der Waals surface area (Å²) in [4.78, 5) is 38.4. The standard InChI is InChI=1S/C29H32N2O6/c1-20(2)31(18-26(32)28(35)37-19-22-9-5-3-6-10-22)29(36)30-25(27(33)34)17-21-13-15-24(16-14-21)23-11-7-4-8-12-23/h3-16,20,25-26,32H,17-19H2,1-2H3,(H,30,36)(H,33,34)/t25-,26-/m0/s1. The lowest BCUT2D eigenvalue weighted by Gasteiger charge is -2.30. The zero-order valence-corrected chi connectivity index (χ0v) is 20.9. The Bertz CT molecular complexity index is 1170. The quantitative estimate of drug-likeness (QED) is 0.342. The molecule has 0 saturated carbocycles. The van der Waals surface area contributed by atoms with Crippen molar-refractivity contribution in [3.63, 3.8) is 0 Å². The number of benzene rings is 3. The Labute approximate surface area is 216 Å². The van der Waals surface area contributed by atoms with E-state index in [2.05, 4.69) is 5.32 Å². The molecule has 3 N–H and O–H groups in total. The predicted octanol–water partition coefficient (Wildman–Crippen LogP) is 3.87. The summed E-state index contributed by atoms with van der Waals surface area (Å²) in [5, 5.41) is 22.6. The first kappa shape index (κ1) is 27.4. The molecule has 194 valence electrons. The molecule has 0 fully saturated rings. The van der Waals surface area contributed by atoms with E-state index in [0.29, 0.717) is 0 Å². The maximum atomic E-state index is 13.0. The van der Waals surface area contributed by atoms with Gasteiger partial charge in [0.25, 0.3) is 0 Å². The smallest absolute Gasteiger partial charge is 0.337 e. The molecule has 3 aromatic rings. The Hall–Kier alpha value is -4.17. The summed E-state index contributed by atoms with van der Waals surface area (Å²) in [6, 6.07) is 24.0. The Morgan fingerprint density at radius 2 is 1.41 bits per heavy atom. The molecule has 2 atom stereocenters. The van der Waals surface area contributed by atoms with Gasteiger partial charge < -0.3 is 25.2 Å². The summed E-state index contributed by atoms with van der Waals surface area (Å²) < 4.78 is 5.15. The number of carboxylic acids is 1. The summed E-state index contributed by atoms with van der Waals surface area (Å²) in [6.45, 7) is 3.07. The molecule has 3 rings (SSSR count). The molecule has 37 heavy (non-hydrogen) atoms. The maximum Gasteiger partial charge on any atom is 0.337 e. The van der Waals surface area contributed by atoms with Crippen LogP contribution in [0.2, 0.25) is 0 Å². The van der Waals surface area contributed by atoms with Gasteiger partial charge in [-0.2, -0.15) is 0 Å². The maximum absolute atomic E-state index is 13.0. The zero-order valence-electron chi connectivity index (χ0n) is 20.9. The summed E-state index contributed by atoms with van der Waals surface area (Å²) >= 11 is 0. The number of esters is 1. The molecular weight excluding hydrogens is 472 g/mol. The highest BCUT2D eigenvalue weighted by Gasteiger charge is 2.29. The van der Waals surface area contributed by atoms with E-state index < -0.39 is 36.2 Å². The van der Waals surface area contributed by atoms with Gasteiger partial charge in [-0.05, 0) is 36.1 Å². The third kappa shape index (κ3) is 8.18. The van der Waals surface area contributed by atoms with Crippen molar-refractivity contribution in [1.82, 2.24) is 10.2 Å². The molecule has 0 aliphatic heterocycles. The number of nitrogens with one attached hydrogen (secondary N) is 1. The van der Waals surface area contributed by atoms with E-state index in [0.717, 1.165) is 22.3 Å². The van der Waals surface area contributed by atoms with Crippen LogP contribution in [0.1, 0.15) is 25.0 Å². The van der Waals surface area contributed by atoms with Crippen molar-refractivity contribution in [2.45, 2.75) is 45.1 Å². The summed E-state index contributed by atoms with van der Waals surface area (Å²) in [5.41, 5.74) is 3.56. The van der Waals surface area contributed by atoms with Crippen LogP contribution >= 0.6 is 0 Å². The van der Waals surface area contributed by atoms with Crippen molar-refractivity contribution in [2.75, 3.05) is 6.54 Å². The number of ether oxygens (including phenoxy) is 1. The Morgan fingerprint density at radius 3 is 1.97 bits per heavy atom. The van der Waals surface area contributed by atoms with Gasteiger partial charge >= 0.3 is 18.0 Å². The fraction of sp³-hybridized carbons (Fsp3) is 0.276. The van der Waals surface area contributed by atoms with E-state index in [4.69, 9.17) is 4.74 Å². The number of hydrogen-bond donors (Lipinski definition) is 3. The van der Waals surface area contributed by atoms with Crippen LogP contribution in [0, 0.1) is 0 Å². The van der Waals surface area contributed by atoms with Gasteiger partial charge in [0, 0.05) is 12.5 Å². The number of nitrogens with zero attached hydrogens (tertiary/aromatic N) is 1. The molecule has 2 amide bonds. The molecule has 0 aliphatic rings. The number of amides is 2. The fourth-order valence-electron chi connectivity index (χ4n) is 3.75. The minimum Gasteiger partial charge on any atom is -0.480 e. The minimum atomic E-state index is -1.58. The molecule has 0 aromatic heterocycles. The summed E-state index contributed by atoms with van der Waals surface area (Å²) in [6.07, 6.45) is -1.50. The van der Waals surface area contributed by atoms with Crippen molar-refractivity contribution >= 4 is 18.0 Å². The first-order valence-corrected chi connectivity index (χ1v) is 12.1. The summed E-state index contributed by atoms with van der Waals surface area (Å²) in [5.74, 6) is -2.05. The van der Waals surface area contributed by atoms with E-state index in [1.807, 2.05) is 60.7 Å². The van der Waals surface area contributed by atoms with Crippen LogP contribution in [-0.4, -0.2) is 57.8 Å². The molecule has 0 unspecified atom stereocenters. The molecule has 0 bridgehead atoms. The lowest BCUT2D eigenvalue weighted by molar-refractivity contribution is -0.155. The number of carbonyl (C=O) groups excluding carboxylic acids is 2. The highest BCUT2D eigenvalue weighted by molar-refractivity contribution is 5.83. The molecule has 0 aliphatic carbocycles.